The Morgan fingerprint density at radius 3 is 2.83 bits per heavy atom. The highest BCUT2D eigenvalue weighted by atomic mass is 16.2. The van der Waals surface area contributed by atoms with Gasteiger partial charge in [-0.05, 0) is 26.1 Å². The van der Waals surface area contributed by atoms with Crippen LogP contribution in [-0.4, -0.2) is 37.3 Å². The molecule has 0 bridgehead atoms. The van der Waals surface area contributed by atoms with Crippen molar-refractivity contribution in [2.24, 2.45) is 7.05 Å². The number of pyridine rings is 1. The number of amides is 1. The van der Waals surface area contributed by atoms with Gasteiger partial charge in [-0.15, -0.1) is 10.2 Å². The van der Waals surface area contributed by atoms with Crippen molar-refractivity contribution in [3.8, 4) is 0 Å². The molecule has 2 unspecified atom stereocenters. The van der Waals surface area contributed by atoms with Gasteiger partial charge in [-0.1, -0.05) is 6.07 Å². The molecule has 0 fully saturated rings. The number of carbonyl (C=O) groups is 1. The number of likely N-dealkylation sites (N-methyl/N-ethyl adjacent to an activating group) is 1. The van der Waals surface area contributed by atoms with E-state index < -0.39 is 6.04 Å². The highest BCUT2D eigenvalue weighted by Gasteiger charge is 2.23. The standard InChI is InChI=1S/C15H19N7O/c1-10(14-20-19-12-6-4-5-7-22(12)14)18-15(23)13(16-2)11-8-17-21(3)9-11/h4-10,13,16H,1-3H3,(H,18,23). The maximum atomic E-state index is 12.6. The van der Waals surface area contributed by atoms with Gasteiger partial charge in [-0.3, -0.25) is 13.9 Å². The molecule has 0 spiro atoms. The first-order valence-corrected chi connectivity index (χ1v) is 7.36. The fourth-order valence-corrected chi connectivity index (χ4v) is 2.55. The summed E-state index contributed by atoms with van der Waals surface area (Å²) in [4.78, 5) is 12.6. The van der Waals surface area contributed by atoms with Crippen LogP contribution in [0.25, 0.3) is 5.65 Å². The van der Waals surface area contributed by atoms with Crippen molar-refractivity contribution in [2.75, 3.05) is 7.05 Å². The zero-order valence-electron chi connectivity index (χ0n) is 13.3. The topological polar surface area (TPSA) is 89.1 Å². The maximum absolute atomic E-state index is 12.6. The van der Waals surface area contributed by atoms with Crippen molar-refractivity contribution in [3.63, 3.8) is 0 Å². The fraction of sp³-hybridized carbons (Fsp3) is 0.333. The largest absolute Gasteiger partial charge is 0.345 e. The zero-order valence-corrected chi connectivity index (χ0v) is 13.3. The van der Waals surface area contributed by atoms with E-state index in [9.17, 15) is 4.79 Å². The van der Waals surface area contributed by atoms with E-state index in [1.165, 1.54) is 0 Å². The summed E-state index contributed by atoms with van der Waals surface area (Å²) in [5.41, 5.74) is 1.56. The van der Waals surface area contributed by atoms with Crippen LogP contribution >= 0.6 is 0 Å². The molecule has 3 heterocycles. The second-order valence-electron chi connectivity index (χ2n) is 5.39. The SMILES string of the molecule is CNC(C(=O)NC(C)c1nnc2ccccn12)c1cnn(C)c1. The number of carbonyl (C=O) groups excluding carboxylic acids is 1. The van der Waals surface area contributed by atoms with Crippen LogP contribution in [0.3, 0.4) is 0 Å². The highest BCUT2D eigenvalue weighted by Crippen LogP contribution is 2.16. The van der Waals surface area contributed by atoms with Crippen LogP contribution in [0, 0.1) is 0 Å². The molecule has 2 atom stereocenters. The van der Waals surface area contributed by atoms with E-state index in [2.05, 4.69) is 25.9 Å². The summed E-state index contributed by atoms with van der Waals surface area (Å²) < 4.78 is 3.53. The Morgan fingerprint density at radius 2 is 2.13 bits per heavy atom. The van der Waals surface area contributed by atoms with Gasteiger partial charge >= 0.3 is 0 Å². The molecule has 120 valence electrons. The Hall–Kier alpha value is -2.74. The minimum Gasteiger partial charge on any atom is -0.345 e. The number of hydrogen-bond acceptors (Lipinski definition) is 5. The van der Waals surface area contributed by atoms with Crippen LogP contribution in [0.5, 0.6) is 0 Å². The molecule has 0 aliphatic carbocycles. The Labute approximate surface area is 133 Å². The van der Waals surface area contributed by atoms with Crippen molar-refractivity contribution in [2.45, 2.75) is 19.0 Å². The van der Waals surface area contributed by atoms with Crippen molar-refractivity contribution in [1.82, 2.24) is 35.0 Å². The van der Waals surface area contributed by atoms with E-state index >= 15 is 0 Å². The first-order chi connectivity index (χ1) is 11.1. The van der Waals surface area contributed by atoms with Crippen LogP contribution in [0.15, 0.2) is 36.8 Å². The van der Waals surface area contributed by atoms with Gasteiger partial charge in [0.2, 0.25) is 5.91 Å². The molecule has 0 radical (unpaired) electrons. The third kappa shape index (κ3) is 2.93. The van der Waals surface area contributed by atoms with E-state index in [1.807, 2.05) is 49.0 Å². The minimum atomic E-state index is -0.467. The van der Waals surface area contributed by atoms with Crippen LogP contribution in [0.4, 0.5) is 0 Å². The lowest BCUT2D eigenvalue weighted by molar-refractivity contribution is -0.123. The monoisotopic (exact) mass is 313 g/mol. The number of nitrogens with zero attached hydrogens (tertiary/aromatic N) is 5. The second-order valence-corrected chi connectivity index (χ2v) is 5.39. The molecule has 2 N–H and O–H groups in total. The first kappa shape index (κ1) is 15.2. The highest BCUT2D eigenvalue weighted by molar-refractivity contribution is 5.83. The van der Waals surface area contributed by atoms with Gasteiger partial charge in [-0.2, -0.15) is 5.10 Å². The van der Waals surface area contributed by atoms with E-state index in [1.54, 1.807) is 17.9 Å². The summed E-state index contributed by atoms with van der Waals surface area (Å²) in [6.07, 6.45) is 5.37. The quantitative estimate of drug-likeness (QED) is 0.720. The van der Waals surface area contributed by atoms with E-state index in [4.69, 9.17) is 0 Å². The molecule has 0 saturated heterocycles. The molecular formula is C15H19N7O. The molecule has 0 aliphatic rings. The predicted molar refractivity (Wildman–Crippen MR) is 84.6 cm³/mol. The van der Waals surface area contributed by atoms with E-state index in [-0.39, 0.29) is 11.9 Å². The third-order valence-corrected chi connectivity index (χ3v) is 3.70. The molecule has 3 rings (SSSR count). The summed E-state index contributed by atoms with van der Waals surface area (Å²) in [6.45, 7) is 1.89. The molecule has 8 nitrogen and oxygen atoms in total. The zero-order chi connectivity index (χ0) is 16.4. The lowest BCUT2D eigenvalue weighted by Gasteiger charge is -2.18. The fourth-order valence-electron chi connectivity index (χ4n) is 2.55. The van der Waals surface area contributed by atoms with Crippen LogP contribution in [-0.2, 0) is 11.8 Å². The number of hydrogen-bond donors (Lipinski definition) is 2. The number of fused-ring (bicyclic) bond motifs is 1. The van der Waals surface area contributed by atoms with Crippen LogP contribution in [0.2, 0.25) is 0 Å². The Morgan fingerprint density at radius 1 is 1.30 bits per heavy atom. The normalized spacial score (nSPS) is 13.9. The van der Waals surface area contributed by atoms with Crippen molar-refractivity contribution < 1.29 is 4.79 Å². The summed E-state index contributed by atoms with van der Waals surface area (Å²) >= 11 is 0. The Balaban J connectivity index is 1.78. The molecule has 0 saturated carbocycles. The van der Waals surface area contributed by atoms with Gasteiger partial charge < -0.3 is 10.6 Å². The van der Waals surface area contributed by atoms with Gasteiger partial charge in [0.1, 0.15) is 6.04 Å². The summed E-state index contributed by atoms with van der Waals surface area (Å²) in [5, 5.41) is 18.4. The van der Waals surface area contributed by atoms with E-state index in [0.717, 1.165) is 11.2 Å². The average molecular weight is 313 g/mol. The number of aromatic nitrogens is 5. The first-order valence-electron chi connectivity index (χ1n) is 7.36. The number of aryl methyl sites for hydroxylation is 1. The number of rotatable bonds is 5. The minimum absolute atomic E-state index is 0.138. The molecule has 0 aromatic carbocycles. The maximum Gasteiger partial charge on any atom is 0.242 e. The number of nitrogens with one attached hydrogen (secondary N) is 2. The summed E-state index contributed by atoms with van der Waals surface area (Å²) in [6, 6.07) is 4.94. The average Bonchev–Trinajstić information content (AvgIpc) is 3.14. The van der Waals surface area contributed by atoms with Gasteiger partial charge in [0.05, 0.1) is 12.2 Å². The second kappa shape index (κ2) is 6.17. The molecule has 8 heteroatoms. The predicted octanol–water partition coefficient (Wildman–Crippen LogP) is 0.601. The Bertz CT molecular complexity index is 822. The van der Waals surface area contributed by atoms with Crippen LogP contribution in [0.1, 0.15) is 30.4 Å². The van der Waals surface area contributed by atoms with Crippen molar-refractivity contribution in [3.05, 3.63) is 48.2 Å². The van der Waals surface area contributed by atoms with Crippen molar-refractivity contribution in [1.29, 1.82) is 0 Å². The lowest BCUT2D eigenvalue weighted by Crippen LogP contribution is -2.37. The van der Waals surface area contributed by atoms with Crippen molar-refractivity contribution >= 4 is 11.6 Å². The molecular weight excluding hydrogens is 294 g/mol. The van der Waals surface area contributed by atoms with Crippen LogP contribution < -0.4 is 10.6 Å². The molecule has 23 heavy (non-hydrogen) atoms. The molecule has 3 aromatic heterocycles. The summed E-state index contributed by atoms with van der Waals surface area (Å²) in [5.74, 6) is 0.552. The third-order valence-electron chi connectivity index (χ3n) is 3.70. The lowest BCUT2D eigenvalue weighted by atomic mass is 10.1. The van der Waals surface area contributed by atoms with Gasteiger partial charge in [0.25, 0.3) is 0 Å². The van der Waals surface area contributed by atoms with E-state index in [0.29, 0.717) is 5.82 Å². The smallest absolute Gasteiger partial charge is 0.242 e. The van der Waals surface area contributed by atoms with Gasteiger partial charge in [-0.25, -0.2) is 0 Å². The summed E-state index contributed by atoms with van der Waals surface area (Å²) in [7, 11) is 3.56. The Kier molecular flexibility index (Phi) is 4.07. The van der Waals surface area contributed by atoms with Gasteiger partial charge in [0, 0.05) is 25.0 Å². The molecule has 1 amide bonds. The molecule has 0 aliphatic heterocycles. The molecule has 3 aromatic rings. The van der Waals surface area contributed by atoms with Gasteiger partial charge in [0.15, 0.2) is 11.5 Å².